The van der Waals surface area contributed by atoms with Crippen molar-refractivity contribution in [3.8, 4) is 22.3 Å². The van der Waals surface area contributed by atoms with Gasteiger partial charge in [-0.25, -0.2) is 8.78 Å². The minimum atomic E-state index is -0.764. The maximum atomic E-state index is 13.3. The summed E-state index contributed by atoms with van der Waals surface area (Å²) in [7, 11) is 1.61. The first-order chi connectivity index (χ1) is 12.8. The molecule has 0 saturated carbocycles. The summed E-state index contributed by atoms with van der Waals surface area (Å²) in [5.74, 6) is -0.720. The van der Waals surface area contributed by atoms with Crippen LogP contribution in [0, 0.1) is 11.6 Å². The van der Waals surface area contributed by atoms with Gasteiger partial charge in [-0.1, -0.05) is 36.4 Å². The van der Waals surface area contributed by atoms with Crippen LogP contribution in [0.5, 0.6) is 0 Å². The summed E-state index contributed by atoms with van der Waals surface area (Å²) >= 11 is 0. The van der Waals surface area contributed by atoms with E-state index in [9.17, 15) is 13.6 Å². The first-order valence-electron chi connectivity index (χ1n) is 8.71. The van der Waals surface area contributed by atoms with E-state index in [1.165, 1.54) is 24.3 Å². The first kappa shape index (κ1) is 18.8. The molecule has 0 aliphatic heterocycles. The lowest BCUT2D eigenvalue weighted by Crippen LogP contribution is -2.38. The molecule has 0 bridgehead atoms. The Labute approximate surface area is 157 Å². The van der Waals surface area contributed by atoms with Crippen molar-refractivity contribution in [2.75, 3.05) is 7.05 Å². The van der Waals surface area contributed by atoms with E-state index in [0.29, 0.717) is 0 Å². The lowest BCUT2D eigenvalue weighted by Gasteiger charge is -2.25. The highest BCUT2D eigenvalue weighted by molar-refractivity contribution is 5.88. The maximum absolute atomic E-state index is 13.3. The van der Waals surface area contributed by atoms with Crippen LogP contribution >= 0.6 is 0 Å². The van der Waals surface area contributed by atoms with Crippen molar-refractivity contribution in [3.05, 3.63) is 83.9 Å². The van der Waals surface area contributed by atoms with E-state index in [2.05, 4.69) is 5.32 Å². The number of benzene rings is 3. The second-order valence-electron chi connectivity index (χ2n) is 7.02. The smallest absolute Gasteiger partial charge is 0.229 e. The van der Waals surface area contributed by atoms with Gasteiger partial charge in [-0.3, -0.25) is 4.79 Å². The topological polar surface area (TPSA) is 29.1 Å². The summed E-state index contributed by atoms with van der Waals surface area (Å²) in [5, 5.41) is 2.70. The lowest BCUT2D eigenvalue weighted by atomic mass is 9.80. The quantitative estimate of drug-likeness (QED) is 0.666. The van der Waals surface area contributed by atoms with Crippen LogP contribution < -0.4 is 5.32 Å². The molecule has 0 saturated heterocycles. The van der Waals surface area contributed by atoms with Gasteiger partial charge in [0.1, 0.15) is 11.6 Å². The molecule has 0 spiro atoms. The van der Waals surface area contributed by atoms with Gasteiger partial charge in [0.2, 0.25) is 5.91 Å². The van der Waals surface area contributed by atoms with Crippen molar-refractivity contribution in [2.24, 2.45) is 0 Å². The highest BCUT2D eigenvalue weighted by Crippen LogP contribution is 2.34. The Kier molecular flexibility index (Phi) is 5.08. The average molecular weight is 365 g/mol. The Hall–Kier alpha value is -3.01. The first-order valence-corrected chi connectivity index (χ1v) is 8.71. The summed E-state index contributed by atoms with van der Waals surface area (Å²) in [5.41, 5.74) is 3.47. The van der Waals surface area contributed by atoms with E-state index in [4.69, 9.17) is 0 Å². The van der Waals surface area contributed by atoms with Crippen LogP contribution in [0.4, 0.5) is 8.78 Å². The van der Waals surface area contributed by atoms with Crippen LogP contribution in [0.15, 0.2) is 66.7 Å². The third kappa shape index (κ3) is 3.90. The Balaban J connectivity index is 2.20. The van der Waals surface area contributed by atoms with E-state index in [0.717, 1.165) is 27.8 Å². The molecular weight excluding hydrogens is 344 g/mol. The van der Waals surface area contributed by atoms with Gasteiger partial charge in [-0.2, -0.15) is 0 Å². The van der Waals surface area contributed by atoms with Crippen LogP contribution in [0.25, 0.3) is 22.3 Å². The zero-order valence-electron chi connectivity index (χ0n) is 15.5. The van der Waals surface area contributed by atoms with Crippen molar-refractivity contribution in [3.63, 3.8) is 0 Å². The number of amides is 1. The predicted molar refractivity (Wildman–Crippen MR) is 104 cm³/mol. The molecule has 0 radical (unpaired) electrons. The van der Waals surface area contributed by atoms with Crippen molar-refractivity contribution < 1.29 is 13.6 Å². The summed E-state index contributed by atoms with van der Waals surface area (Å²) in [6.07, 6.45) is 0. The number of carbonyl (C=O) groups is 1. The van der Waals surface area contributed by atoms with Crippen molar-refractivity contribution in [2.45, 2.75) is 19.3 Å². The molecule has 1 N–H and O–H groups in total. The van der Waals surface area contributed by atoms with E-state index in [1.807, 2.05) is 32.0 Å². The van der Waals surface area contributed by atoms with Gasteiger partial charge in [-0.05, 0) is 72.0 Å². The summed E-state index contributed by atoms with van der Waals surface area (Å²) in [6, 6.07) is 18.3. The number of likely N-dealkylation sites (N-methyl/N-ethyl adjacent to an activating group) is 1. The maximum Gasteiger partial charge on any atom is 0.229 e. The largest absolute Gasteiger partial charge is 0.358 e. The van der Waals surface area contributed by atoms with Gasteiger partial charge in [0.15, 0.2) is 0 Å². The normalized spacial score (nSPS) is 11.3. The minimum absolute atomic E-state index is 0.108. The van der Waals surface area contributed by atoms with E-state index < -0.39 is 5.41 Å². The van der Waals surface area contributed by atoms with Crippen LogP contribution in [-0.2, 0) is 10.2 Å². The summed E-state index contributed by atoms with van der Waals surface area (Å²) in [4.78, 5) is 12.4. The second-order valence-corrected chi connectivity index (χ2v) is 7.02. The molecule has 3 aromatic rings. The fourth-order valence-electron chi connectivity index (χ4n) is 3.05. The van der Waals surface area contributed by atoms with Crippen LogP contribution in [0.3, 0.4) is 0 Å². The molecule has 0 unspecified atom stereocenters. The molecule has 0 aromatic heterocycles. The van der Waals surface area contributed by atoms with Crippen LogP contribution in [0.1, 0.15) is 19.4 Å². The van der Waals surface area contributed by atoms with Crippen molar-refractivity contribution in [1.29, 1.82) is 0 Å². The van der Waals surface area contributed by atoms with Crippen LogP contribution in [0.2, 0.25) is 0 Å². The molecule has 4 heteroatoms. The molecule has 3 aromatic carbocycles. The second kappa shape index (κ2) is 7.31. The minimum Gasteiger partial charge on any atom is -0.358 e. The zero-order chi connectivity index (χ0) is 19.6. The van der Waals surface area contributed by atoms with E-state index in [1.54, 1.807) is 31.3 Å². The molecule has 0 aliphatic carbocycles. The van der Waals surface area contributed by atoms with Gasteiger partial charge in [-0.15, -0.1) is 0 Å². The Morgan fingerprint density at radius 1 is 0.741 bits per heavy atom. The highest BCUT2D eigenvalue weighted by Gasteiger charge is 2.29. The number of halogens is 2. The molecule has 0 fully saturated rings. The van der Waals surface area contributed by atoms with Gasteiger partial charge in [0, 0.05) is 7.05 Å². The third-order valence-electron chi connectivity index (χ3n) is 4.80. The van der Waals surface area contributed by atoms with Crippen molar-refractivity contribution in [1.82, 2.24) is 5.32 Å². The highest BCUT2D eigenvalue weighted by atomic mass is 19.1. The Morgan fingerprint density at radius 3 is 1.52 bits per heavy atom. The Morgan fingerprint density at radius 2 is 1.15 bits per heavy atom. The molecule has 2 nitrogen and oxygen atoms in total. The number of nitrogens with one attached hydrogen (secondary N) is 1. The fraction of sp³-hybridized carbons (Fsp3) is 0.174. The standard InChI is InChI=1S/C23H21F2NO/c1-23(2,22(27)26-3)19-13-17(15-4-8-20(24)9-5-15)12-18(14-19)16-6-10-21(25)11-7-16/h4-14H,1-3H3,(H,26,27). The lowest BCUT2D eigenvalue weighted by molar-refractivity contribution is -0.125. The molecule has 0 aliphatic rings. The van der Waals surface area contributed by atoms with Crippen LogP contribution in [-0.4, -0.2) is 13.0 Å². The van der Waals surface area contributed by atoms with Crippen molar-refractivity contribution >= 4 is 5.91 Å². The van der Waals surface area contributed by atoms with E-state index >= 15 is 0 Å². The SMILES string of the molecule is CNC(=O)C(C)(C)c1cc(-c2ccc(F)cc2)cc(-c2ccc(F)cc2)c1. The van der Waals surface area contributed by atoms with Gasteiger partial charge in [0.25, 0.3) is 0 Å². The molecule has 3 rings (SSSR count). The number of rotatable bonds is 4. The molecular formula is C23H21F2NO. The monoisotopic (exact) mass is 365 g/mol. The average Bonchev–Trinajstić information content (AvgIpc) is 2.68. The molecule has 27 heavy (non-hydrogen) atoms. The fourth-order valence-corrected chi connectivity index (χ4v) is 3.05. The molecule has 0 heterocycles. The molecule has 138 valence electrons. The number of hydrogen-bond donors (Lipinski definition) is 1. The molecule has 0 atom stereocenters. The Bertz CT molecular complexity index is 897. The predicted octanol–water partition coefficient (Wildman–Crippen LogP) is 5.32. The van der Waals surface area contributed by atoms with Gasteiger partial charge in [0.05, 0.1) is 5.41 Å². The third-order valence-corrected chi connectivity index (χ3v) is 4.80. The number of hydrogen-bond acceptors (Lipinski definition) is 1. The number of carbonyl (C=O) groups excluding carboxylic acids is 1. The van der Waals surface area contributed by atoms with E-state index in [-0.39, 0.29) is 17.5 Å². The molecule has 1 amide bonds. The zero-order valence-corrected chi connectivity index (χ0v) is 15.5. The summed E-state index contributed by atoms with van der Waals surface area (Å²) < 4.78 is 26.6. The van der Waals surface area contributed by atoms with Gasteiger partial charge >= 0.3 is 0 Å². The summed E-state index contributed by atoms with van der Waals surface area (Å²) in [6.45, 7) is 3.70. The van der Waals surface area contributed by atoms with Gasteiger partial charge < -0.3 is 5.32 Å².